The van der Waals surface area contributed by atoms with Crippen LogP contribution in [0.15, 0.2) is 48.5 Å². The minimum atomic E-state index is -0.613. The molecular formula is C20H19Cl2NO4. The van der Waals surface area contributed by atoms with Crippen molar-refractivity contribution >= 4 is 40.9 Å². The zero-order valence-corrected chi connectivity index (χ0v) is 16.2. The zero-order valence-electron chi connectivity index (χ0n) is 14.7. The van der Waals surface area contributed by atoms with E-state index in [0.717, 1.165) is 5.56 Å². The molecule has 0 bridgehead atoms. The molecule has 0 saturated heterocycles. The molecule has 0 saturated carbocycles. The highest BCUT2D eigenvalue weighted by atomic mass is 35.5. The molecule has 27 heavy (non-hydrogen) atoms. The molecule has 5 nitrogen and oxygen atoms in total. The molecule has 2 aromatic rings. The fraction of sp³-hybridized carbons (Fsp3) is 0.250. The minimum absolute atomic E-state index is 0.00187. The van der Waals surface area contributed by atoms with Gasteiger partial charge in [0.15, 0.2) is 12.4 Å². The molecule has 1 N–H and O–H groups in total. The Labute approximate surface area is 167 Å². The Balaban J connectivity index is 1.73. The van der Waals surface area contributed by atoms with E-state index in [0.29, 0.717) is 15.6 Å². The van der Waals surface area contributed by atoms with E-state index < -0.39 is 18.5 Å². The summed E-state index contributed by atoms with van der Waals surface area (Å²) in [5.74, 6) is -1.25. The normalized spacial score (nSPS) is 11.5. The average molecular weight is 408 g/mol. The van der Waals surface area contributed by atoms with E-state index in [2.05, 4.69) is 5.32 Å². The summed E-state index contributed by atoms with van der Waals surface area (Å²) in [5.41, 5.74) is 1.24. The smallest absolute Gasteiger partial charge is 0.306 e. The lowest BCUT2D eigenvalue weighted by Crippen LogP contribution is -2.31. The van der Waals surface area contributed by atoms with Crippen LogP contribution in [0.5, 0.6) is 0 Å². The van der Waals surface area contributed by atoms with Crippen molar-refractivity contribution in [2.75, 3.05) is 6.61 Å². The van der Waals surface area contributed by atoms with Crippen LogP contribution in [0.25, 0.3) is 0 Å². The number of esters is 1. The number of carbonyl (C=O) groups is 3. The first-order chi connectivity index (χ1) is 12.9. The Morgan fingerprint density at radius 3 is 2.33 bits per heavy atom. The second-order valence-corrected chi connectivity index (χ2v) is 6.75. The van der Waals surface area contributed by atoms with Gasteiger partial charge >= 0.3 is 5.97 Å². The standard InChI is InChI=1S/C20H19Cl2NO4/c1-13(16-4-2-3-5-17(16)22)23-19(25)12-27-20(26)11-10-18(24)14-6-8-15(21)9-7-14/h2-9,13H,10-12H2,1H3,(H,23,25)/t13-/m0/s1. The van der Waals surface area contributed by atoms with Gasteiger partial charge in [0.25, 0.3) is 5.91 Å². The summed E-state index contributed by atoms with van der Waals surface area (Å²) < 4.78 is 4.92. The number of rotatable bonds is 8. The molecule has 0 aromatic heterocycles. The first-order valence-corrected chi connectivity index (χ1v) is 9.10. The van der Waals surface area contributed by atoms with Crippen molar-refractivity contribution in [2.45, 2.75) is 25.8 Å². The SMILES string of the molecule is C[C@H](NC(=O)COC(=O)CCC(=O)c1ccc(Cl)cc1)c1ccccc1Cl. The molecule has 0 spiro atoms. The molecular weight excluding hydrogens is 389 g/mol. The van der Waals surface area contributed by atoms with E-state index in [-0.39, 0.29) is 24.7 Å². The highest BCUT2D eigenvalue weighted by Crippen LogP contribution is 2.21. The molecule has 0 heterocycles. The van der Waals surface area contributed by atoms with Crippen LogP contribution in [0.2, 0.25) is 10.0 Å². The minimum Gasteiger partial charge on any atom is -0.456 e. The van der Waals surface area contributed by atoms with Crippen molar-refractivity contribution in [1.82, 2.24) is 5.32 Å². The molecule has 2 rings (SSSR count). The molecule has 0 aliphatic rings. The fourth-order valence-corrected chi connectivity index (χ4v) is 2.83. The van der Waals surface area contributed by atoms with Gasteiger partial charge in [0.2, 0.25) is 0 Å². The summed E-state index contributed by atoms with van der Waals surface area (Å²) in [6.07, 6.45) is -0.104. The van der Waals surface area contributed by atoms with Crippen LogP contribution in [-0.2, 0) is 14.3 Å². The molecule has 142 valence electrons. The molecule has 0 aliphatic heterocycles. The van der Waals surface area contributed by atoms with Crippen LogP contribution in [-0.4, -0.2) is 24.3 Å². The van der Waals surface area contributed by atoms with Gasteiger partial charge in [-0.25, -0.2) is 0 Å². The molecule has 2 aromatic carbocycles. The number of Topliss-reactive ketones (excluding diaryl/α,β-unsaturated/α-hetero) is 1. The Morgan fingerprint density at radius 2 is 1.67 bits per heavy atom. The largest absolute Gasteiger partial charge is 0.456 e. The van der Waals surface area contributed by atoms with E-state index in [4.69, 9.17) is 27.9 Å². The summed E-state index contributed by atoms with van der Waals surface area (Å²) in [6, 6.07) is 13.2. The number of hydrogen-bond acceptors (Lipinski definition) is 4. The van der Waals surface area contributed by atoms with Crippen molar-refractivity contribution in [3.63, 3.8) is 0 Å². The Morgan fingerprint density at radius 1 is 1.00 bits per heavy atom. The lowest BCUT2D eigenvalue weighted by atomic mass is 10.1. The zero-order chi connectivity index (χ0) is 19.8. The van der Waals surface area contributed by atoms with Gasteiger partial charge in [0, 0.05) is 22.0 Å². The van der Waals surface area contributed by atoms with Crippen LogP contribution in [0.1, 0.15) is 41.7 Å². The van der Waals surface area contributed by atoms with Crippen molar-refractivity contribution in [3.05, 3.63) is 69.7 Å². The average Bonchev–Trinajstić information content (AvgIpc) is 2.65. The number of carbonyl (C=O) groups excluding carboxylic acids is 3. The second kappa shape index (κ2) is 10.1. The van der Waals surface area contributed by atoms with Gasteiger partial charge in [-0.1, -0.05) is 41.4 Å². The van der Waals surface area contributed by atoms with Gasteiger partial charge in [-0.3, -0.25) is 14.4 Å². The fourth-order valence-electron chi connectivity index (χ4n) is 2.40. The van der Waals surface area contributed by atoms with E-state index in [1.54, 1.807) is 43.3 Å². The predicted octanol–water partition coefficient (Wildman–Crippen LogP) is 4.38. The highest BCUT2D eigenvalue weighted by molar-refractivity contribution is 6.31. The molecule has 1 amide bonds. The third kappa shape index (κ3) is 6.70. The molecule has 0 fully saturated rings. The number of hydrogen-bond donors (Lipinski definition) is 1. The second-order valence-electron chi connectivity index (χ2n) is 5.90. The van der Waals surface area contributed by atoms with Crippen LogP contribution < -0.4 is 5.32 Å². The van der Waals surface area contributed by atoms with E-state index in [1.807, 2.05) is 12.1 Å². The van der Waals surface area contributed by atoms with Gasteiger partial charge in [-0.2, -0.15) is 0 Å². The van der Waals surface area contributed by atoms with Crippen molar-refractivity contribution in [1.29, 1.82) is 0 Å². The maximum absolute atomic E-state index is 12.0. The van der Waals surface area contributed by atoms with E-state index in [1.165, 1.54) is 0 Å². The Kier molecular flexibility index (Phi) is 7.82. The lowest BCUT2D eigenvalue weighted by molar-refractivity contribution is -0.148. The van der Waals surface area contributed by atoms with Gasteiger partial charge in [-0.05, 0) is 42.8 Å². The van der Waals surface area contributed by atoms with Crippen molar-refractivity contribution in [3.8, 4) is 0 Å². The lowest BCUT2D eigenvalue weighted by Gasteiger charge is -2.15. The van der Waals surface area contributed by atoms with Crippen LogP contribution in [0, 0.1) is 0 Å². The third-order valence-electron chi connectivity index (χ3n) is 3.84. The van der Waals surface area contributed by atoms with Gasteiger partial charge in [0.1, 0.15) is 0 Å². The molecule has 0 aliphatic carbocycles. The number of ketones is 1. The number of amides is 1. The summed E-state index contributed by atoms with van der Waals surface area (Å²) in [7, 11) is 0. The van der Waals surface area contributed by atoms with E-state index >= 15 is 0 Å². The Hall–Kier alpha value is -2.37. The topological polar surface area (TPSA) is 72.5 Å². The number of ether oxygens (including phenoxy) is 1. The molecule has 0 radical (unpaired) electrons. The van der Waals surface area contributed by atoms with Crippen molar-refractivity contribution in [2.24, 2.45) is 0 Å². The summed E-state index contributed by atoms with van der Waals surface area (Å²) in [4.78, 5) is 35.7. The van der Waals surface area contributed by atoms with Gasteiger partial charge < -0.3 is 10.1 Å². The van der Waals surface area contributed by atoms with E-state index in [9.17, 15) is 14.4 Å². The van der Waals surface area contributed by atoms with Crippen LogP contribution >= 0.6 is 23.2 Å². The summed E-state index contributed by atoms with van der Waals surface area (Å²) in [6.45, 7) is 1.37. The maximum atomic E-state index is 12.0. The van der Waals surface area contributed by atoms with Crippen LogP contribution in [0.3, 0.4) is 0 Å². The maximum Gasteiger partial charge on any atom is 0.306 e. The first kappa shape index (κ1) is 20.9. The highest BCUT2D eigenvalue weighted by Gasteiger charge is 2.15. The first-order valence-electron chi connectivity index (χ1n) is 8.35. The predicted molar refractivity (Wildman–Crippen MR) is 104 cm³/mol. The van der Waals surface area contributed by atoms with Crippen molar-refractivity contribution < 1.29 is 19.1 Å². The number of halogens is 2. The number of benzene rings is 2. The summed E-state index contributed by atoms with van der Waals surface area (Å²) >= 11 is 11.9. The molecule has 1 atom stereocenters. The third-order valence-corrected chi connectivity index (χ3v) is 4.43. The van der Waals surface area contributed by atoms with Crippen LogP contribution in [0.4, 0.5) is 0 Å². The van der Waals surface area contributed by atoms with Gasteiger partial charge in [-0.15, -0.1) is 0 Å². The summed E-state index contributed by atoms with van der Waals surface area (Å²) in [5, 5.41) is 3.78. The monoisotopic (exact) mass is 407 g/mol. The quantitative estimate of drug-likeness (QED) is 0.520. The number of nitrogens with one attached hydrogen (secondary N) is 1. The molecule has 0 unspecified atom stereocenters. The Bertz CT molecular complexity index is 821. The van der Waals surface area contributed by atoms with Gasteiger partial charge in [0.05, 0.1) is 12.5 Å². The molecule has 7 heteroatoms.